The smallest absolute Gasteiger partial charge is 0.334 e. The lowest BCUT2D eigenvalue weighted by Gasteiger charge is -2.37. The summed E-state index contributed by atoms with van der Waals surface area (Å²) < 4.78 is 0. The summed E-state index contributed by atoms with van der Waals surface area (Å²) in [5.74, 6) is -0.0143. The molecule has 0 aromatic carbocycles. The number of nitrogens with zero attached hydrogens (tertiary/aromatic N) is 2. The third kappa shape index (κ3) is 1.66. The maximum absolute atomic E-state index is 12.3. The highest BCUT2D eigenvalue weighted by Gasteiger charge is 2.43. The average Bonchev–Trinajstić information content (AvgIpc) is 2.81. The molecule has 3 amide bonds. The Morgan fingerprint density at radius 3 is 2.59 bits per heavy atom. The van der Waals surface area contributed by atoms with Gasteiger partial charge < -0.3 is 10.2 Å². The fraction of sp³-hybridized carbons (Fsp3) is 0.583. The molecule has 17 heavy (non-hydrogen) atoms. The van der Waals surface area contributed by atoms with E-state index in [4.69, 9.17) is 0 Å². The van der Waals surface area contributed by atoms with Crippen LogP contribution in [0.15, 0.2) is 17.1 Å². The maximum Gasteiger partial charge on any atom is 0.341 e. The summed E-state index contributed by atoms with van der Waals surface area (Å²) in [6.07, 6.45) is 5.31. The molecule has 0 radical (unpaired) electrons. The zero-order valence-corrected chi connectivity index (χ0v) is 9.56. The molecule has 0 aromatic heterocycles. The molecule has 0 saturated carbocycles. The first-order chi connectivity index (χ1) is 8.15. The van der Waals surface area contributed by atoms with E-state index in [1.165, 1.54) is 11.8 Å². The zero-order valence-electron chi connectivity index (χ0n) is 9.56. The van der Waals surface area contributed by atoms with Crippen molar-refractivity contribution in [3.8, 4) is 0 Å². The van der Waals surface area contributed by atoms with E-state index >= 15 is 0 Å². The average molecular weight is 233 g/mol. The molecule has 3 aliphatic heterocycles. The number of rotatable bonds is 1. The summed E-state index contributed by atoms with van der Waals surface area (Å²) in [7, 11) is 0. The van der Waals surface area contributed by atoms with Crippen molar-refractivity contribution < 1.29 is 9.59 Å². The van der Waals surface area contributed by atoms with Gasteiger partial charge in [0, 0.05) is 18.3 Å². The zero-order chi connectivity index (χ0) is 12.0. The van der Waals surface area contributed by atoms with Crippen molar-refractivity contribution in [2.75, 3.05) is 0 Å². The normalized spacial score (nSPS) is 35.3. The molecular weight excluding hydrogens is 218 g/mol. The van der Waals surface area contributed by atoms with Gasteiger partial charge in [0.15, 0.2) is 0 Å². The first-order valence-electron chi connectivity index (χ1n) is 5.98. The molecular formula is C12H15N3O2. The molecule has 90 valence electrons. The lowest BCUT2D eigenvalue weighted by molar-refractivity contribution is -0.134. The number of carbonyl (C=O) groups excluding carboxylic acids is 2. The van der Waals surface area contributed by atoms with Gasteiger partial charge in [0.2, 0.25) is 0 Å². The van der Waals surface area contributed by atoms with Gasteiger partial charge in [-0.15, -0.1) is 0 Å². The molecule has 3 rings (SSSR count). The number of piperidine rings is 1. The van der Waals surface area contributed by atoms with Gasteiger partial charge in [-0.2, -0.15) is 0 Å². The van der Waals surface area contributed by atoms with Gasteiger partial charge >= 0.3 is 6.03 Å². The van der Waals surface area contributed by atoms with Gasteiger partial charge in [0.05, 0.1) is 0 Å². The highest BCUT2D eigenvalue weighted by atomic mass is 16.2. The number of fused-ring (bicyclic) bond motifs is 2. The van der Waals surface area contributed by atoms with Gasteiger partial charge in [0.1, 0.15) is 6.04 Å². The topological polar surface area (TPSA) is 61.8 Å². The van der Waals surface area contributed by atoms with Crippen LogP contribution in [0.25, 0.3) is 0 Å². The van der Waals surface area contributed by atoms with E-state index in [1.54, 1.807) is 0 Å². The Morgan fingerprint density at radius 2 is 2.06 bits per heavy atom. The van der Waals surface area contributed by atoms with Crippen LogP contribution in [0.1, 0.15) is 25.7 Å². The third-order valence-corrected chi connectivity index (χ3v) is 3.81. The van der Waals surface area contributed by atoms with E-state index < -0.39 is 12.1 Å². The minimum absolute atomic E-state index is 0.0143. The predicted molar refractivity (Wildman–Crippen MR) is 62.8 cm³/mol. The second-order valence-electron chi connectivity index (χ2n) is 4.99. The van der Waals surface area contributed by atoms with E-state index in [2.05, 4.69) is 16.9 Å². The van der Waals surface area contributed by atoms with Crippen molar-refractivity contribution in [3.05, 3.63) is 12.2 Å². The van der Waals surface area contributed by atoms with Crippen LogP contribution >= 0.6 is 0 Å². The molecule has 3 heterocycles. The molecule has 5 nitrogen and oxygen atoms in total. The van der Waals surface area contributed by atoms with E-state index in [0.717, 1.165) is 25.7 Å². The molecule has 2 bridgehead atoms. The molecule has 5 heteroatoms. The molecule has 0 aliphatic carbocycles. The van der Waals surface area contributed by atoms with Crippen molar-refractivity contribution in [1.82, 2.24) is 10.2 Å². The highest BCUT2D eigenvalue weighted by Crippen LogP contribution is 2.37. The number of nitrogens with one attached hydrogen (secondary N) is 1. The van der Waals surface area contributed by atoms with Crippen LogP contribution in [0.5, 0.6) is 0 Å². The Labute approximate surface area is 99.6 Å². The minimum atomic E-state index is -0.558. The summed E-state index contributed by atoms with van der Waals surface area (Å²) >= 11 is 0. The third-order valence-electron chi connectivity index (χ3n) is 3.81. The van der Waals surface area contributed by atoms with Crippen molar-refractivity contribution in [2.24, 2.45) is 4.99 Å². The quantitative estimate of drug-likeness (QED) is 0.683. The molecule has 0 aromatic rings. The lowest BCUT2D eigenvalue weighted by atomic mass is 9.97. The fourth-order valence-electron chi connectivity index (χ4n) is 3.11. The van der Waals surface area contributed by atoms with Gasteiger partial charge in [-0.05, 0) is 25.7 Å². The van der Waals surface area contributed by atoms with E-state index in [1.807, 2.05) is 4.90 Å². The number of carbonyl (C=O) groups is 2. The van der Waals surface area contributed by atoms with Crippen LogP contribution in [-0.4, -0.2) is 41.2 Å². The largest absolute Gasteiger partial charge is 0.341 e. The second kappa shape index (κ2) is 3.68. The summed E-state index contributed by atoms with van der Waals surface area (Å²) in [6, 6.07) is -0.423. The Balaban J connectivity index is 1.77. The van der Waals surface area contributed by atoms with Crippen LogP contribution in [-0.2, 0) is 4.79 Å². The summed E-state index contributed by atoms with van der Waals surface area (Å²) in [5.41, 5.74) is 1.24. The standard InChI is InChI=1S/C12H15N3O2/c1-7-4-8-2-3-9(5-7)15(8)11(16)10-6-13-12(17)14-10/h6,8-10H,1-5H2,(H,14,17). The summed E-state index contributed by atoms with van der Waals surface area (Å²) in [6.45, 7) is 4.02. The lowest BCUT2D eigenvalue weighted by Crippen LogP contribution is -2.52. The van der Waals surface area contributed by atoms with Gasteiger partial charge in [-0.3, -0.25) is 4.79 Å². The number of aliphatic imine (C=N–C) groups is 1. The van der Waals surface area contributed by atoms with Gasteiger partial charge in [-0.1, -0.05) is 12.2 Å². The molecule has 2 fully saturated rings. The highest BCUT2D eigenvalue weighted by molar-refractivity contribution is 6.07. The monoisotopic (exact) mass is 233 g/mol. The van der Waals surface area contributed by atoms with Gasteiger partial charge in [-0.25, -0.2) is 9.79 Å². The van der Waals surface area contributed by atoms with Gasteiger partial charge in [0.25, 0.3) is 5.91 Å². The Morgan fingerprint density at radius 1 is 1.41 bits per heavy atom. The molecule has 0 spiro atoms. The van der Waals surface area contributed by atoms with Crippen molar-refractivity contribution >= 4 is 18.2 Å². The van der Waals surface area contributed by atoms with Crippen molar-refractivity contribution in [2.45, 2.75) is 43.8 Å². The van der Waals surface area contributed by atoms with Crippen molar-refractivity contribution in [3.63, 3.8) is 0 Å². The minimum Gasteiger partial charge on any atom is -0.334 e. The molecule has 3 unspecified atom stereocenters. The van der Waals surface area contributed by atoms with Crippen LogP contribution in [0.2, 0.25) is 0 Å². The summed E-state index contributed by atoms with van der Waals surface area (Å²) in [4.78, 5) is 28.8. The van der Waals surface area contributed by atoms with Crippen molar-refractivity contribution in [1.29, 1.82) is 0 Å². The van der Waals surface area contributed by atoms with E-state index in [0.29, 0.717) is 0 Å². The van der Waals surface area contributed by atoms with Crippen LogP contribution < -0.4 is 5.32 Å². The molecule has 3 aliphatic rings. The molecule has 3 atom stereocenters. The SMILES string of the molecule is C=C1CC2CCC(C1)N2C(=O)C1C=NC(=O)N1. The Hall–Kier alpha value is -1.65. The summed E-state index contributed by atoms with van der Waals surface area (Å²) in [5, 5.41) is 2.56. The van der Waals surface area contributed by atoms with Crippen LogP contribution in [0.3, 0.4) is 0 Å². The van der Waals surface area contributed by atoms with Crippen LogP contribution in [0.4, 0.5) is 4.79 Å². The van der Waals surface area contributed by atoms with E-state index in [-0.39, 0.29) is 18.0 Å². The number of hydrogen-bond donors (Lipinski definition) is 1. The Kier molecular flexibility index (Phi) is 2.28. The van der Waals surface area contributed by atoms with Crippen LogP contribution in [0, 0.1) is 0 Å². The molecule has 1 N–H and O–H groups in total. The second-order valence-corrected chi connectivity index (χ2v) is 4.99. The number of amides is 3. The number of urea groups is 1. The Bertz CT molecular complexity index is 413. The predicted octanol–water partition coefficient (Wildman–Crippen LogP) is 0.859. The first kappa shape index (κ1) is 10.5. The first-order valence-corrected chi connectivity index (χ1v) is 5.98. The molecule has 2 saturated heterocycles. The fourth-order valence-corrected chi connectivity index (χ4v) is 3.11. The maximum atomic E-state index is 12.3. The van der Waals surface area contributed by atoms with E-state index in [9.17, 15) is 9.59 Å². The number of hydrogen-bond acceptors (Lipinski definition) is 2.